The fourth-order valence-corrected chi connectivity index (χ4v) is 8.10. The van der Waals surface area contributed by atoms with Gasteiger partial charge < -0.3 is 14.8 Å². The zero-order valence-electron chi connectivity index (χ0n) is 29.4. The maximum atomic E-state index is 3.82. The van der Waals surface area contributed by atoms with E-state index in [1.54, 1.807) is 0 Å². The van der Waals surface area contributed by atoms with Crippen LogP contribution in [-0.4, -0.2) is 11.8 Å². The number of para-hydroxylation sites is 5. The number of rotatable bonds is 7. The van der Waals surface area contributed by atoms with E-state index in [9.17, 15) is 0 Å². The van der Waals surface area contributed by atoms with Gasteiger partial charge in [0.2, 0.25) is 0 Å². The summed E-state index contributed by atoms with van der Waals surface area (Å²) in [7, 11) is 2.40. The van der Waals surface area contributed by atoms with Crippen molar-refractivity contribution in [2.45, 2.75) is 6.92 Å². The fraction of sp³-hybridized carbons (Fsp3) is 0.0204. The first-order valence-electron chi connectivity index (χ1n) is 18.2. The lowest BCUT2D eigenvalue weighted by molar-refractivity contribution is 1.19. The van der Waals surface area contributed by atoms with Crippen molar-refractivity contribution in [3.63, 3.8) is 0 Å². The summed E-state index contributed by atoms with van der Waals surface area (Å²) < 4.78 is 2.50. The van der Waals surface area contributed by atoms with Gasteiger partial charge in [-0.05, 0) is 107 Å². The van der Waals surface area contributed by atoms with Gasteiger partial charge in [0.05, 0.1) is 5.52 Å². The smallest absolute Gasteiger partial charge is 0.197 e. The van der Waals surface area contributed by atoms with Crippen LogP contribution in [-0.2, 0) is 0 Å². The number of nitrogens with one attached hydrogen (secondary N) is 1. The van der Waals surface area contributed by atoms with Crippen LogP contribution in [0.3, 0.4) is 0 Å². The molecular formula is C49H35BN3. The maximum absolute atomic E-state index is 3.82. The van der Waals surface area contributed by atoms with Crippen LogP contribution in [0.1, 0.15) is 5.56 Å². The molecule has 0 bridgehead atoms. The minimum absolute atomic E-state index is 1.04. The average molecular weight is 677 g/mol. The molecule has 2 heterocycles. The second kappa shape index (κ2) is 12.8. The Kier molecular flexibility index (Phi) is 7.47. The van der Waals surface area contributed by atoms with Crippen molar-refractivity contribution < 1.29 is 0 Å². The first-order chi connectivity index (χ1) is 26.2. The lowest BCUT2D eigenvalue weighted by atomic mass is 9.58. The Morgan fingerprint density at radius 2 is 1.17 bits per heavy atom. The van der Waals surface area contributed by atoms with Gasteiger partial charge in [-0.1, -0.05) is 121 Å². The molecule has 3 nitrogen and oxygen atoms in total. The van der Waals surface area contributed by atoms with Gasteiger partial charge in [-0.3, -0.25) is 0 Å². The molecule has 1 aliphatic heterocycles. The molecule has 4 heteroatoms. The molecule has 1 aliphatic rings. The van der Waals surface area contributed by atoms with Crippen LogP contribution in [0.15, 0.2) is 188 Å². The third kappa shape index (κ3) is 5.30. The molecule has 0 aliphatic carbocycles. The maximum Gasteiger partial charge on any atom is 0.197 e. The Balaban J connectivity index is 1.29. The van der Waals surface area contributed by atoms with Crippen molar-refractivity contribution >= 4 is 68.4 Å². The Bertz CT molecular complexity index is 2750. The number of hydrogen-bond acceptors (Lipinski definition) is 2. The molecule has 8 aromatic carbocycles. The van der Waals surface area contributed by atoms with Crippen LogP contribution in [0.25, 0.3) is 49.7 Å². The molecule has 249 valence electrons. The molecule has 53 heavy (non-hydrogen) atoms. The van der Waals surface area contributed by atoms with Crippen molar-refractivity contribution in [3.05, 3.63) is 194 Å². The van der Waals surface area contributed by atoms with Gasteiger partial charge in [0.1, 0.15) is 0 Å². The van der Waals surface area contributed by atoms with Gasteiger partial charge in [-0.25, -0.2) is 0 Å². The van der Waals surface area contributed by atoms with Gasteiger partial charge in [0, 0.05) is 56.0 Å². The van der Waals surface area contributed by atoms with Crippen molar-refractivity contribution in [1.82, 2.24) is 4.57 Å². The molecule has 0 saturated carbocycles. The molecule has 0 saturated heterocycles. The number of aromatic nitrogens is 1. The summed E-state index contributed by atoms with van der Waals surface area (Å²) in [6.45, 7) is 2.21. The highest BCUT2D eigenvalue weighted by Crippen LogP contribution is 2.42. The molecule has 9 aromatic rings. The summed E-state index contributed by atoms with van der Waals surface area (Å²) in [6, 6.07) is 67.6. The van der Waals surface area contributed by atoms with Crippen molar-refractivity contribution in [2.24, 2.45) is 0 Å². The van der Waals surface area contributed by atoms with E-state index in [0.717, 1.165) is 34.0 Å². The fourth-order valence-electron chi connectivity index (χ4n) is 8.10. The van der Waals surface area contributed by atoms with Crippen LogP contribution in [0.4, 0.5) is 28.4 Å². The zero-order chi connectivity index (χ0) is 35.3. The van der Waals surface area contributed by atoms with E-state index in [2.05, 4.69) is 217 Å². The normalized spacial score (nSPS) is 11.6. The highest BCUT2D eigenvalue weighted by Gasteiger charge is 2.27. The third-order valence-electron chi connectivity index (χ3n) is 10.5. The van der Waals surface area contributed by atoms with Gasteiger partial charge in [-0.15, -0.1) is 0 Å². The summed E-state index contributed by atoms with van der Waals surface area (Å²) in [5.74, 6) is 0. The Morgan fingerprint density at radius 3 is 1.92 bits per heavy atom. The van der Waals surface area contributed by atoms with Gasteiger partial charge in [0.25, 0.3) is 0 Å². The van der Waals surface area contributed by atoms with E-state index in [-0.39, 0.29) is 0 Å². The van der Waals surface area contributed by atoms with Crippen LogP contribution in [0, 0.1) is 6.92 Å². The molecule has 10 rings (SSSR count). The molecule has 1 N–H and O–H groups in total. The van der Waals surface area contributed by atoms with Crippen LogP contribution in [0.5, 0.6) is 0 Å². The van der Waals surface area contributed by atoms with E-state index in [4.69, 9.17) is 0 Å². The average Bonchev–Trinajstić information content (AvgIpc) is 3.56. The first kappa shape index (κ1) is 31.0. The number of aryl methyl sites for hydroxylation is 1. The highest BCUT2D eigenvalue weighted by molar-refractivity contribution is 6.73. The summed E-state index contributed by atoms with van der Waals surface area (Å²) in [5.41, 5.74) is 17.4. The highest BCUT2D eigenvalue weighted by atomic mass is 15.1. The lowest BCUT2D eigenvalue weighted by Gasteiger charge is -2.28. The number of anilines is 5. The number of hydrogen-bond donors (Lipinski definition) is 1. The molecule has 0 fully saturated rings. The van der Waals surface area contributed by atoms with Crippen LogP contribution >= 0.6 is 0 Å². The van der Waals surface area contributed by atoms with E-state index < -0.39 is 0 Å². The van der Waals surface area contributed by atoms with Gasteiger partial charge in [0.15, 0.2) is 7.28 Å². The summed E-state index contributed by atoms with van der Waals surface area (Å²) >= 11 is 0. The summed E-state index contributed by atoms with van der Waals surface area (Å²) in [5, 5.41) is 6.36. The van der Waals surface area contributed by atoms with Gasteiger partial charge in [-0.2, -0.15) is 0 Å². The monoisotopic (exact) mass is 676 g/mol. The van der Waals surface area contributed by atoms with Crippen molar-refractivity contribution in [3.8, 4) is 27.9 Å². The predicted octanol–water partition coefficient (Wildman–Crippen LogP) is 11.6. The van der Waals surface area contributed by atoms with Crippen molar-refractivity contribution in [2.75, 3.05) is 10.2 Å². The Morgan fingerprint density at radius 1 is 0.509 bits per heavy atom. The molecule has 1 radical (unpaired) electrons. The topological polar surface area (TPSA) is 20.2 Å². The molecule has 0 unspecified atom stereocenters. The van der Waals surface area contributed by atoms with E-state index in [0.29, 0.717) is 0 Å². The molecule has 1 aromatic heterocycles. The quantitative estimate of drug-likeness (QED) is 0.170. The molecule has 0 amide bonds. The van der Waals surface area contributed by atoms with Crippen molar-refractivity contribution in [1.29, 1.82) is 0 Å². The number of fused-ring (bicyclic) bond motifs is 5. The molecule has 0 atom stereocenters. The number of nitrogens with zero attached hydrogens (tertiary/aromatic N) is 2. The van der Waals surface area contributed by atoms with Gasteiger partial charge >= 0.3 is 0 Å². The summed E-state index contributed by atoms with van der Waals surface area (Å²) in [4.78, 5) is 2.34. The molecular weight excluding hydrogens is 641 g/mol. The Labute approximate surface area is 310 Å². The SMILES string of the molecule is Cc1ccccc1-c1cc(-c2cc(N(c3ccccc3)c3ccccc3)ccc2Nc2ccccc2)c2c(c1)-n1c3ccccc3c3cccc(c31)[B]2. The van der Waals surface area contributed by atoms with Crippen LogP contribution in [0.2, 0.25) is 0 Å². The summed E-state index contributed by atoms with van der Waals surface area (Å²) in [6.07, 6.45) is 0. The Hall–Kier alpha value is -6.78. The zero-order valence-corrected chi connectivity index (χ0v) is 29.4. The second-order valence-electron chi connectivity index (χ2n) is 13.7. The second-order valence-corrected chi connectivity index (χ2v) is 13.7. The van der Waals surface area contributed by atoms with E-state index in [1.165, 1.54) is 60.7 Å². The first-order valence-corrected chi connectivity index (χ1v) is 18.2. The standard InChI is InChI=1S/C49H35BN3/c1-33-16-11-12-23-39(33)34-30-43(48-47(31-34)53-46-27-14-13-24-40(46)41-25-15-26-44(50-48)49(41)53)42-32-38(28-29-45(42)51-35-17-5-2-6-18-35)52(36-19-7-3-8-20-36)37-21-9-4-10-22-37/h2-32,51H,1H3. The van der Waals surface area contributed by atoms with E-state index in [1.807, 2.05) is 0 Å². The largest absolute Gasteiger partial charge is 0.355 e. The predicted molar refractivity (Wildman–Crippen MR) is 226 cm³/mol. The molecule has 0 spiro atoms. The van der Waals surface area contributed by atoms with Crippen LogP contribution < -0.4 is 21.1 Å². The van der Waals surface area contributed by atoms with E-state index >= 15 is 0 Å². The minimum atomic E-state index is 1.04. The lowest BCUT2D eigenvalue weighted by Crippen LogP contribution is -2.37. The number of benzene rings is 8. The minimum Gasteiger partial charge on any atom is -0.355 e. The third-order valence-corrected chi connectivity index (χ3v) is 10.5.